The third-order valence-electron chi connectivity index (χ3n) is 3.51. The number of benzene rings is 2. The molecule has 0 saturated heterocycles. The first-order valence-corrected chi connectivity index (χ1v) is 8.03. The fraction of sp³-hybridized carbons (Fsp3) is 0.263. The van der Waals surface area contributed by atoms with Gasteiger partial charge < -0.3 is 19.5 Å². The fourth-order valence-electron chi connectivity index (χ4n) is 2.26. The number of hydrogen-bond acceptors (Lipinski definition) is 5. The van der Waals surface area contributed by atoms with Crippen LogP contribution in [0.5, 0.6) is 17.2 Å². The molecule has 2 rings (SSSR count). The number of nitrogens with zero attached hydrogens (tertiary/aromatic N) is 1. The summed E-state index contributed by atoms with van der Waals surface area (Å²) >= 11 is 0. The highest BCUT2D eigenvalue weighted by atomic mass is 19.3. The number of alkyl halides is 2. The van der Waals surface area contributed by atoms with Gasteiger partial charge in [-0.3, -0.25) is 4.79 Å². The van der Waals surface area contributed by atoms with Gasteiger partial charge in [0.15, 0.2) is 18.1 Å². The smallest absolute Gasteiger partial charge is 0.387 e. The number of hydrogen-bond donors (Lipinski definition) is 1. The quantitative estimate of drug-likeness (QED) is 0.728. The molecule has 1 N–H and O–H groups in total. The second-order valence-electron chi connectivity index (χ2n) is 5.39. The van der Waals surface area contributed by atoms with Gasteiger partial charge in [0.25, 0.3) is 5.91 Å². The molecule has 142 valence electrons. The van der Waals surface area contributed by atoms with Gasteiger partial charge in [0.2, 0.25) is 0 Å². The van der Waals surface area contributed by atoms with Gasteiger partial charge in [-0.2, -0.15) is 14.0 Å². The van der Waals surface area contributed by atoms with Crippen molar-refractivity contribution in [3.05, 3.63) is 53.6 Å². The van der Waals surface area contributed by atoms with Crippen molar-refractivity contribution in [1.29, 1.82) is 5.26 Å². The molecular formula is C19H18F2N2O4. The third kappa shape index (κ3) is 6.47. The van der Waals surface area contributed by atoms with E-state index in [4.69, 9.17) is 14.7 Å². The number of carbonyl (C=O) groups is 1. The number of rotatable bonds is 9. The summed E-state index contributed by atoms with van der Waals surface area (Å²) in [6.45, 7) is -2.78. The van der Waals surface area contributed by atoms with Crippen LogP contribution in [0.2, 0.25) is 0 Å². The maximum Gasteiger partial charge on any atom is 0.387 e. The van der Waals surface area contributed by atoms with E-state index in [0.29, 0.717) is 24.3 Å². The number of carbonyl (C=O) groups excluding carboxylic acids is 1. The average molecular weight is 376 g/mol. The molecule has 0 spiro atoms. The maximum absolute atomic E-state index is 12.3. The zero-order valence-electron chi connectivity index (χ0n) is 14.6. The number of nitrogens with one attached hydrogen (secondary N) is 1. The van der Waals surface area contributed by atoms with Crippen LogP contribution in [-0.4, -0.2) is 32.8 Å². The number of ether oxygens (including phenoxy) is 3. The zero-order chi connectivity index (χ0) is 19.6. The van der Waals surface area contributed by atoms with Crippen LogP contribution >= 0.6 is 0 Å². The zero-order valence-corrected chi connectivity index (χ0v) is 14.6. The summed E-state index contributed by atoms with van der Waals surface area (Å²) < 4.78 is 39.4. The first kappa shape index (κ1) is 20.0. The molecule has 0 unspecified atom stereocenters. The molecule has 0 aliphatic rings. The summed E-state index contributed by atoms with van der Waals surface area (Å²) in [6.07, 6.45) is 0.473. The maximum atomic E-state index is 12.3. The van der Waals surface area contributed by atoms with E-state index in [2.05, 4.69) is 10.1 Å². The van der Waals surface area contributed by atoms with E-state index in [1.54, 1.807) is 36.4 Å². The van der Waals surface area contributed by atoms with Crippen molar-refractivity contribution >= 4 is 5.91 Å². The topological polar surface area (TPSA) is 80.6 Å². The van der Waals surface area contributed by atoms with Crippen molar-refractivity contribution in [3.8, 4) is 23.3 Å². The molecule has 27 heavy (non-hydrogen) atoms. The minimum absolute atomic E-state index is 0.0479. The van der Waals surface area contributed by atoms with Crippen LogP contribution in [-0.2, 0) is 11.2 Å². The summed E-state index contributed by atoms with van der Waals surface area (Å²) in [4.78, 5) is 11.8. The first-order valence-electron chi connectivity index (χ1n) is 8.03. The molecule has 0 fully saturated rings. The van der Waals surface area contributed by atoms with E-state index >= 15 is 0 Å². The molecule has 8 heteroatoms. The molecule has 0 atom stereocenters. The van der Waals surface area contributed by atoms with Gasteiger partial charge in [-0.25, -0.2) is 0 Å². The fourth-order valence-corrected chi connectivity index (χ4v) is 2.26. The Balaban J connectivity index is 1.79. The Morgan fingerprint density at radius 2 is 2.04 bits per heavy atom. The van der Waals surface area contributed by atoms with Gasteiger partial charge in [-0.15, -0.1) is 0 Å². The molecule has 2 aromatic rings. The van der Waals surface area contributed by atoms with Crippen molar-refractivity contribution in [2.75, 3.05) is 20.3 Å². The van der Waals surface area contributed by atoms with Gasteiger partial charge in [0.05, 0.1) is 18.7 Å². The highest BCUT2D eigenvalue weighted by Gasteiger charge is 2.11. The average Bonchev–Trinajstić information content (AvgIpc) is 2.67. The molecule has 0 heterocycles. The van der Waals surface area contributed by atoms with Crippen LogP contribution in [0.4, 0.5) is 8.78 Å². The van der Waals surface area contributed by atoms with E-state index in [1.165, 1.54) is 13.2 Å². The number of methoxy groups -OCH3 is 1. The second kappa shape index (κ2) is 9.97. The molecule has 0 bridgehead atoms. The highest BCUT2D eigenvalue weighted by Crippen LogP contribution is 2.29. The third-order valence-corrected chi connectivity index (χ3v) is 3.51. The normalized spacial score (nSPS) is 10.2. The Bertz CT molecular complexity index is 822. The van der Waals surface area contributed by atoms with E-state index in [1.807, 2.05) is 6.07 Å². The van der Waals surface area contributed by atoms with E-state index in [9.17, 15) is 13.6 Å². The molecule has 6 nitrogen and oxygen atoms in total. The lowest BCUT2D eigenvalue weighted by atomic mass is 10.1. The Kier molecular flexibility index (Phi) is 7.37. The van der Waals surface area contributed by atoms with Crippen molar-refractivity contribution in [3.63, 3.8) is 0 Å². The number of nitriles is 1. The molecular weight excluding hydrogens is 358 g/mol. The van der Waals surface area contributed by atoms with E-state index in [0.717, 1.165) is 5.56 Å². The van der Waals surface area contributed by atoms with Crippen LogP contribution < -0.4 is 19.5 Å². The highest BCUT2D eigenvalue weighted by molar-refractivity contribution is 5.77. The lowest BCUT2D eigenvalue weighted by molar-refractivity contribution is -0.123. The lowest BCUT2D eigenvalue weighted by Crippen LogP contribution is -2.30. The molecule has 0 aliphatic heterocycles. The monoisotopic (exact) mass is 376 g/mol. The van der Waals surface area contributed by atoms with Crippen LogP contribution in [0.3, 0.4) is 0 Å². The molecule has 0 aliphatic carbocycles. The summed E-state index contributed by atoms with van der Waals surface area (Å²) in [5.74, 6) is 0.263. The van der Waals surface area contributed by atoms with Gasteiger partial charge in [0, 0.05) is 6.54 Å². The van der Waals surface area contributed by atoms with Crippen LogP contribution in [0.25, 0.3) is 0 Å². The Labute approximate surface area is 155 Å². The largest absolute Gasteiger partial charge is 0.493 e. The van der Waals surface area contributed by atoms with E-state index in [-0.39, 0.29) is 24.0 Å². The Morgan fingerprint density at radius 3 is 2.74 bits per heavy atom. The van der Waals surface area contributed by atoms with Crippen molar-refractivity contribution in [2.24, 2.45) is 0 Å². The van der Waals surface area contributed by atoms with Crippen LogP contribution in [0, 0.1) is 11.3 Å². The van der Waals surface area contributed by atoms with Gasteiger partial charge >= 0.3 is 6.61 Å². The van der Waals surface area contributed by atoms with Crippen molar-refractivity contribution < 1.29 is 27.8 Å². The Hall–Kier alpha value is -3.34. The minimum Gasteiger partial charge on any atom is -0.493 e. The SMILES string of the molecule is COc1cc(CCNC(=O)COc2cccc(C#N)c2)ccc1OC(F)F. The number of amides is 1. The molecule has 2 aromatic carbocycles. The minimum atomic E-state index is -2.93. The second-order valence-corrected chi connectivity index (χ2v) is 5.39. The summed E-state index contributed by atoms with van der Waals surface area (Å²) in [7, 11) is 1.36. The van der Waals surface area contributed by atoms with Crippen LogP contribution in [0.15, 0.2) is 42.5 Å². The van der Waals surface area contributed by atoms with Gasteiger partial charge in [-0.1, -0.05) is 12.1 Å². The molecule has 0 saturated carbocycles. The molecule has 1 amide bonds. The first-order chi connectivity index (χ1) is 13.0. The predicted molar refractivity (Wildman–Crippen MR) is 93.0 cm³/mol. The van der Waals surface area contributed by atoms with Gasteiger partial charge in [0.1, 0.15) is 5.75 Å². The molecule has 0 radical (unpaired) electrons. The molecule has 0 aromatic heterocycles. The van der Waals surface area contributed by atoms with Crippen molar-refractivity contribution in [2.45, 2.75) is 13.0 Å². The van der Waals surface area contributed by atoms with E-state index < -0.39 is 6.61 Å². The summed E-state index contributed by atoms with van der Waals surface area (Å²) in [5.41, 5.74) is 1.23. The van der Waals surface area contributed by atoms with Crippen molar-refractivity contribution in [1.82, 2.24) is 5.32 Å². The summed E-state index contributed by atoms with van der Waals surface area (Å²) in [6, 6.07) is 13.1. The Morgan fingerprint density at radius 1 is 1.22 bits per heavy atom. The standard InChI is InChI=1S/C19H18F2N2O4/c1-25-17-10-13(5-6-16(17)27-19(20)21)7-8-23-18(24)12-26-15-4-2-3-14(9-15)11-22/h2-6,9-10,19H,7-8,12H2,1H3,(H,23,24). The number of halogens is 2. The van der Waals surface area contributed by atoms with Crippen LogP contribution in [0.1, 0.15) is 11.1 Å². The predicted octanol–water partition coefficient (Wildman–Crippen LogP) is 2.91. The van der Waals surface area contributed by atoms with Gasteiger partial charge in [-0.05, 0) is 42.3 Å². The lowest BCUT2D eigenvalue weighted by Gasteiger charge is -2.12. The summed E-state index contributed by atoms with van der Waals surface area (Å²) in [5, 5.41) is 11.5.